The molecule has 1 aliphatic heterocycles. The van der Waals surface area contributed by atoms with Crippen LogP contribution in [0.5, 0.6) is 0 Å². The van der Waals surface area contributed by atoms with Crippen LogP contribution >= 0.6 is 0 Å². The normalized spacial score (nSPS) is 19.8. The van der Waals surface area contributed by atoms with Crippen LogP contribution in [0.1, 0.15) is 23.2 Å². The first-order chi connectivity index (χ1) is 10.5. The molecule has 1 amide bonds. The SMILES string of the molecule is CNC(=O)c1ccc(-c2cn3c(n2)C=CC(C)(OC)C3)cn1. The van der Waals surface area contributed by atoms with Crippen LogP contribution in [-0.2, 0) is 11.3 Å². The third kappa shape index (κ3) is 2.53. The summed E-state index contributed by atoms with van der Waals surface area (Å²) in [7, 11) is 3.29. The van der Waals surface area contributed by atoms with E-state index in [1.165, 1.54) is 0 Å². The van der Waals surface area contributed by atoms with Crippen LogP contribution in [0.2, 0.25) is 0 Å². The van der Waals surface area contributed by atoms with Gasteiger partial charge in [-0.05, 0) is 31.2 Å². The Morgan fingerprint density at radius 2 is 2.27 bits per heavy atom. The lowest BCUT2D eigenvalue weighted by Gasteiger charge is -2.28. The first-order valence-electron chi connectivity index (χ1n) is 7.05. The number of carbonyl (C=O) groups is 1. The molecular formula is C16H18N4O2. The second kappa shape index (κ2) is 5.38. The number of ether oxygens (including phenoxy) is 1. The Kier molecular flexibility index (Phi) is 3.54. The molecule has 0 bridgehead atoms. The summed E-state index contributed by atoms with van der Waals surface area (Å²) in [6, 6.07) is 3.55. The molecule has 1 atom stereocenters. The fourth-order valence-electron chi connectivity index (χ4n) is 2.41. The van der Waals surface area contributed by atoms with Crippen molar-refractivity contribution in [1.82, 2.24) is 19.9 Å². The van der Waals surface area contributed by atoms with Crippen molar-refractivity contribution in [3.63, 3.8) is 0 Å². The number of aromatic nitrogens is 3. The van der Waals surface area contributed by atoms with Gasteiger partial charge in [0.25, 0.3) is 5.91 Å². The van der Waals surface area contributed by atoms with Gasteiger partial charge in [-0.1, -0.05) is 0 Å². The minimum Gasteiger partial charge on any atom is -0.373 e. The number of rotatable bonds is 3. The van der Waals surface area contributed by atoms with E-state index in [0.29, 0.717) is 12.2 Å². The van der Waals surface area contributed by atoms with Crippen molar-refractivity contribution in [2.75, 3.05) is 14.2 Å². The van der Waals surface area contributed by atoms with E-state index in [2.05, 4.69) is 19.9 Å². The van der Waals surface area contributed by atoms with E-state index in [-0.39, 0.29) is 11.5 Å². The smallest absolute Gasteiger partial charge is 0.269 e. The molecule has 2 aromatic heterocycles. The molecular weight excluding hydrogens is 280 g/mol. The van der Waals surface area contributed by atoms with Gasteiger partial charge in [-0.25, -0.2) is 4.98 Å². The summed E-state index contributed by atoms with van der Waals surface area (Å²) in [5.41, 5.74) is 1.78. The lowest BCUT2D eigenvalue weighted by Crippen LogP contribution is -2.33. The minimum absolute atomic E-state index is 0.200. The van der Waals surface area contributed by atoms with E-state index < -0.39 is 0 Å². The number of nitrogens with one attached hydrogen (secondary N) is 1. The molecule has 22 heavy (non-hydrogen) atoms. The average molecular weight is 298 g/mol. The minimum atomic E-state index is -0.313. The maximum absolute atomic E-state index is 11.5. The molecule has 0 saturated carbocycles. The van der Waals surface area contributed by atoms with Gasteiger partial charge in [0.1, 0.15) is 17.1 Å². The van der Waals surface area contributed by atoms with Crippen molar-refractivity contribution in [2.24, 2.45) is 0 Å². The maximum atomic E-state index is 11.5. The van der Waals surface area contributed by atoms with E-state index in [1.807, 2.05) is 31.3 Å². The Bertz CT molecular complexity index is 733. The number of methoxy groups -OCH3 is 1. The Labute approximate surface area is 128 Å². The topological polar surface area (TPSA) is 69.0 Å². The Morgan fingerprint density at radius 1 is 1.45 bits per heavy atom. The number of fused-ring (bicyclic) bond motifs is 1. The molecule has 6 nitrogen and oxygen atoms in total. The highest BCUT2D eigenvalue weighted by Crippen LogP contribution is 2.26. The second-order valence-corrected chi connectivity index (χ2v) is 5.47. The third-order valence-electron chi connectivity index (χ3n) is 3.86. The fourth-order valence-corrected chi connectivity index (χ4v) is 2.41. The zero-order valence-electron chi connectivity index (χ0n) is 12.8. The number of nitrogens with zero attached hydrogens (tertiary/aromatic N) is 3. The molecule has 3 heterocycles. The fraction of sp³-hybridized carbons (Fsp3) is 0.312. The van der Waals surface area contributed by atoms with Crippen LogP contribution < -0.4 is 5.32 Å². The van der Waals surface area contributed by atoms with Crippen molar-refractivity contribution >= 4 is 12.0 Å². The highest BCUT2D eigenvalue weighted by molar-refractivity contribution is 5.92. The molecule has 0 fully saturated rings. The standard InChI is InChI=1S/C16H18N4O2/c1-16(22-3)7-6-14-19-13(9-20(14)10-16)11-4-5-12(18-8-11)15(21)17-2/h4-9H,10H2,1-3H3,(H,17,21). The lowest BCUT2D eigenvalue weighted by atomic mass is 10.0. The number of carbonyl (C=O) groups excluding carboxylic acids is 1. The van der Waals surface area contributed by atoms with Crippen molar-refractivity contribution in [1.29, 1.82) is 0 Å². The van der Waals surface area contributed by atoms with Gasteiger partial charge in [0.2, 0.25) is 0 Å². The van der Waals surface area contributed by atoms with E-state index in [1.54, 1.807) is 26.4 Å². The zero-order valence-corrected chi connectivity index (χ0v) is 12.8. The van der Waals surface area contributed by atoms with Gasteiger partial charge in [-0.15, -0.1) is 0 Å². The zero-order chi connectivity index (χ0) is 15.7. The summed E-state index contributed by atoms with van der Waals surface area (Å²) in [6.07, 6.45) is 7.62. The van der Waals surface area contributed by atoms with E-state index >= 15 is 0 Å². The highest BCUT2D eigenvalue weighted by Gasteiger charge is 2.26. The quantitative estimate of drug-likeness (QED) is 0.937. The summed E-state index contributed by atoms with van der Waals surface area (Å²) in [4.78, 5) is 20.3. The van der Waals surface area contributed by atoms with Gasteiger partial charge in [0.15, 0.2) is 0 Å². The van der Waals surface area contributed by atoms with Gasteiger partial charge in [-0.2, -0.15) is 0 Å². The molecule has 6 heteroatoms. The van der Waals surface area contributed by atoms with Crippen molar-refractivity contribution in [3.8, 4) is 11.3 Å². The molecule has 0 aliphatic carbocycles. The number of pyridine rings is 1. The predicted molar refractivity (Wildman–Crippen MR) is 83.3 cm³/mol. The molecule has 1 unspecified atom stereocenters. The van der Waals surface area contributed by atoms with Gasteiger partial charge in [0.05, 0.1) is 12.2 Å². The number of hydrogen-bond acceptors (Lipinski definition) is 4. The van der Waals surface area contributed by atoms with Gasteiger partial charge in [0, 0.05) is 32.1 Å². The van der Waals surface area contributed by atoms with Crippen molar-refractivity contribution < 1.29 is 9.53 Å². The predicted octanol–water partition coefficient (Wildman–Crippen LogP) is 1.74. The summed E-state index contributed by atoms with van der Waals surface area (Å²) in [5.74, 6) is 0.689. The summed E-state index contributed by atoms with van der Waals surface area (Å²) < 4.78 is 7.57. The summed E-state index contributed by atoms with van der Waals surface area (Å²) in [6.45, 7) is 2.75. The van der Waals surface area contributed by atoms with Crippen LogP contribution in [0.25, 0.3) is 17.3 Å². The molecule has 0 radical (unpaired) electrons. The first-order valence-corrected chi connectivity index (χ1v) is 7.05. The Balaban J connectivity index is 1.89. The number of amides is 1. The van der Waals surface area contributed by atoms with E-state index in [9.17, 15) is 4.79 Å². The lowest BCUT2D eigenvalue weighted by molar-refractivity contribution is 0.0323. The van der Waals surface area contributed by atoms with Crippen LogP contribution in [-0.4, -0.2) is 40.2 Å². The molecule has 0 spiro atoms. The molecule has 1 aliphatic rings. The number of imidazole rings is 1. The van der Waals surface area contributed by atoms with Gasteiger partial charge >= 0.3 is 0 Å². The molecule has 0 aromatic carbocycles. The molecule has 1 N–H and O–H groups in total. The van der Waals surface area contributed by atoms with E-state index in [0.717, 1.165) is 17.1 Å². The first kappa shape index (κ1) is 14.5. The number of hydrogen-bond donors (Lipinski definition) is 1. The summed E-state index contributed by atoms with van der Waals surface area (Å²) >= 11 is 0. The van der Waals surface area contributed by atoms with E-state index in [4.69, 9.17) is 4.74 Å². The molecule has 114 valence electrons. The largest absolute Gasteiger partial charge is 0.373 e. The highest BCUT2D eigenvalue weighted by atomic mass is 16.5. The van der Waals surface area contributed by atoms with Crippen LogP contribution in [0.3, 0.4) is 0 Å². The van der Waals surface area contributed by atoms with Crippen LogP contribution in [0.4, 0.5) is 0 Å². The Morgan fingerprint density at radius 3 is 2.91 bits per heavy atom. The Hall–Kier alpha value is -2.47. The summed E-state index contributed by atoms with van der Waals surface area (Å²) in [5, 5.41) is 2.55. The second-order valence-electron chi connectivity index (χ2n) is 5.47. The van der Waals surface area contributed by atoms with Gasteiger partial charge in [-0.3, -0.25) is 9.78 Å². The monoisotopic (exact) mass is 298 g/mol. The molecule has 0 saturated heterocycles. The van der Waals surface area contributed by atoms with Crippen LogP contribution in [0, 0.1) is 0 Å². The van der Waals surface area contributed by atoms with Crippen molar-refractivity contribution in [2.45, 2.75) is 19.1 Å². The van der Waals surface area contributed by atoms with Gasteiger partial charge < -0.3 is 14.6 Å². The molecule has 3 rings (SSSR count). The average Bonchev–Trinajstić information content (AvgIpc) is 2.97. The van der Waals surface area contributed by atoms with Crippen LogP contribution in [0.15, 0.2) is 30.6 Å². The van der Waals surface area contributed by atoms with Crippen molar-refractivity contribution in [3.05, 3.63) is 42.1 Å². The maximum Gasteiger partial charge on any atom is 0.269 e. The molecule has 2 aromatic rings. The third-order valence-corrected chi connectivity index (χ3v) is 3.86.